The maximum atomic E-state index is 6.16. The van der Waals surface area contributed by atoms with E-state index < -0.39 is 0 Å². The highest BCUT2D eigenvalue weighted by Gasteiger charge is 2.27. The second-order valence-electron chi connectivity index (χ2n) is 6.64. The van der Waals surface area contributed by atoms with E-state index in [0.717, 1.165) is 23.6 Å². The number of aromatic nitrogens is 1. The molecule has 5 nitrogen and oxygen atoms in total. The molecule has 2 unspecified atom stereocenters. The van der Waals surface area contributed by atoms with Crippen molar-refractivity contribution >= 4 is 11.5 Å². The maximum Gasteiger partial charge on any atom is 0.159 e. The summed E-state index contributed by atoms with van der Waals surface area (Å²) in [4.78, 5) is 6.85. The molecular formula is C21H24N4O. The van der Waals surface area contributed by atoms with Crippen LogP contribution >= 0.6 is 0 Å². The van der Waals surface area contributed by atoms with Crippen molar-refractivity contribution in [2.45, 2.75) is 25.1 Å². The summed E-state index contributed by atoms with van der Waals surface area (Å²) in [6, 6.07) is 13.8. The third-order valence-corrected chi connectivity index (χ3v) is 4.75. The molecular weight excluding hydrogens is 324 g/mol. The van der Waals surface area contributed by atoms with E-state index >= 15 is 0 Å². The van der Waals surface area contributed by atoms with Crippen LogP contribution in [0, 0.1) is 11.8 Å². The summed E-state index contributed by atoms with van der Waals surface area (Å²) in [5, 5.41) is 6.85. The van der Waals surface area contributed by atoms with E-state index in [2.05, 4.69) is 32.4 Å². The van der Waals surface area contributed by atoms with Crippen molar-refractivity contribution in [2.75, 3.05) is 36.9 Å². The molecule has 0 radical (unpaired) electrons. The first-order chi connectivity index (χ1) is 12.9. The number of anilines is 2. The molecule has 134 valence electrons. The lowest BCUT2D eigenvalue weighted by atomic mass is 10.1. The van der Waals surface area contributed by atoms with Gasteiger partial charge in [0.2, 0.25) is 0 Å². The number of benzene rings is 1. The van der Waals surface area contributed by atoms with Crippen molar-refractivity contribution in [1.82, 2.24) is 9.88 Å². The summed E-state index contributed by atoms with van der Waals surface area (Å²) in [7, 11) is 0. The van der Waals surface area contributed by atoms with Crippen LogP contribution in [-0.2, 0) is 4.74 Å². The Kier molecular flexibility index (Phi) is 5.34. The molecule has 1 aromatic carbocycles. The largest absolute Gasteiger partial charge is 0.355 e. The van der Waals surface area contributed by atoms with Crippen molar-refractivity contribution in [3.8, 4) is 11.8 Å². The summed E-state index contributed by atoms with van der Waals surface area (Å²) in [5.74, 6) is 7.36. The Bertz CT molecular complexity index is 777. The summed E-state index contributed by atoms with van der Waals surface area (Å²) in [6.07, 6.45) is 4.18. The lowest BCUT2D eigenvalue weighted by Gasteiger charge is -2.32. The summed E-state index contributed by atoms with van der Waals surface area (Å²) in [5.41, 5.74) is 1.95. The van der Waals surface area contributed by atoms with Gasteiger partial charge < -0.3 is 20.3 Å². The van der Waals surface area contributed by atoms with Crippen LogP contribution in [0.15, 0.2) is 48.7 Å². The van der Waals surface area contributed by atoms with E-state index in [1.807, 2.05) is 42.5 Å². The number of rotatable bonds is 4. The highest BCUT2D eigenvalue weighted by atomic mass is 16.5. The van der Waals surface area contributed by atoms with Crippen molar-refractivity contribution < 1.29 is 4.74 Å². The fraction of sp³-hybridized carbons (Fsp3) is 0.381. The molecule has 1 fully saturated rings. The molecule has 2 atom stereocenters. The van der Waals surface area contributed by atoms with Crippen LogP contribution in [-0.4, -0.2) is 48.4 Å². The molecule has 5 heteroatoms. The predicted molar refractivity (Wildman–Crippen MR) is 104 cm³/mol. The Balaban J connectivity index is 1.46. The maximum absolute atomic E-state index is 6.16. The molecule has 2 N–H and O–H groups in total. The number of hydrogen-bond acceptors (Lipinski definition) is 5. The number of fused-ring (bicyclic) bond motifs is 1. The minimum Gasteiger partial charge on any atom is -0.355 e. The molecule has 2 aliphatic rings. The zero-order chi connectivity index (χ0) is 17.6. The number of nitrogens with zero attached hydrogens (tertiary/aromatic N) is 2. The fourth-order valence-corrected chi connectivity index (χ4v) is 3.34. The monoisotopic (exact) mass is 348 g/mol. The summed E-state index contributed by atoms with van der Waals surface area (Å²) < 4.78 is 6.16. The predicted octanol–water partition coefficient (Wildman–Crippen LogP) is 2.78. The van der Waals surface area contributed by atoms with Gasteiger partial charge in [-0.2, -0.15) is 0 Å². The van der Waals surface area contributed by atoms with Gasteiger partial charge in [0.25, 0.3) is 0 Å². The zero-order valence-electron chi connectivity index (χ0n) is 14.8. The van der Waals surface area contributed by atoms with Gasteiger partial charge in [0.1, 0.15) is 6.04 Å². The Morgan fingerprint density at radius 3 is 2.77 bits per heavy atom. The van der Waals surface area contributed by atoms with E-state index in [0.29, 0.717) is 6.61 Å². The van der Waals surface area contributed by atoms with Gasteiger partial charge >= 0.3 is 0 Å². The second-order valence-corrected chi connectivity index (χ2v) is 6.64. The third-order valence-electron chi connectivity index (χ3n) is 4.75. The van der Waals surface area contributed by atoms with E-state index in [1.165, 1.54) is 25.9 Å². The van der Waals surface area contributed by atoms with Crippen LogP contribution < -0.4 is 10.6 Å². The Morgan fingerprint density at radius 1 is 1.08 bits per heavy atom. The van der Waals surface area contributed by atoms with Gasteiger partial charge in [-0.15, -0.1) is 0 Å². The molecule has 1 aromatic heterocycles. The topological polar surface area (TPSA) is 49.4 Å². The molecule has 0 saturated carbocycles. The molecule has 0 amide bonds. The average Bonchev–Trinajstić information content (AvgIpc) is 3.20. The molecule has 3 heterocycles. The molecule has 0 spiro atoms. The van der Waals surface area contributed by atoms with E-state index in [1.54, 1.807) is 6.20 Å². The fourth-order valence-electron chi connectivity index (χ4n) is 3.34. The van der Waals surface area contributed by atoms with Crippen molar-refractivity contribution in [3.63, 3.8) is 0 Å². The Morgan fingerprint density at radius 2 is 1.92 bits per heavy atom. The van der Waals surface area contributed by atoms with Gasteiger partial charge in [-0.1, -0.05) is 30.0 Å². The van der Waals surface area contributed by atoms with Crippen molar-refractivity contribution in [3.05, 3.63) is 54.2 Å². The van der Waals surface area contributed by atoms with Gasteiger partial charge in [-0.25, -0.2) is 4.98 Å². The highest BCUT2D eigenvalue weighted by molar-refractivity contribution is 5.68. The Hall–Kier alpha value is -2.55. The molecule has 0 bridgehead atoms. The number of likely N-dealkylation sites (tertiary alicyclic amines) is 1. The van der Waals surface area contributed by atoms with Crippen molar-refractivity contribution in [1.29, 1.82) is 0 Å². The number of pyridine rings is 1. The van der Waals surface area contributed by atoms with Crippen LogP contribution in [0.4, 0.5) is 11.5 Å². The van der Waals surface area contributed by atoms with E-state index in [-0.39, 0.29) is 12.3 Å². The standard InChI is InChI=1S/C21H24N4O/c1-2-7-17(8-3-1)10-11-19-21(26-16-15-25-13-4-5-14-25)24-18-9-6-12-22-20(18)23-19/h1-3,6-9,12,19,21,24H,4-5,13-16H2,(H,22,23). The minimum atomic E-state index is -0.203. The molecule has 0 aliphatic carbocycles. The molecule has 1 saturated heterocycles. The molecule has 26 heavy (non-hydrogen) atoms. The SMILES string of the molecule is C(#CC1Nc2ncccc2NC1OCCN1CCCC1)c1ccccc1. The third kappa shape index (κ3) is 4.16. The van der Waals surface area contributed by atoms with E-state index in [4.69, 9.17) is 4.74 Å². The minimum absolute atomic E-state index is 0.156. The molecule has 2 aliphatic heterocycles. The summed E-state index contributed by atoms with van der Waals surface area (Å²) >= 11 is 0. The average molecular weight is 348 g/mol. The van der Waals surface area contributed by atoms with Gasteiger partial charge in [-0.05, 0) is 50.2 Å². The van der Waals surface area contributed by atoms with E-state index in [9.17, 15) is 0 Å². The Labute approximate surface area is 154 Å². The smallest absolute Gasteiger partial charge is 0.159 e. The van der Waals surface area contributed by atoms with Gasteiger partial charge in [0.15, 0.2) is 12.0 Å². The van der Waals surface area contributed by atoms with Gasteiger partial charge in [0.05, 0.1) is 12.3 Å². The second kappa shape index (κ2) is 8.22. The first kappa shape index (κ1) is 16.9. The quantitative estimate of drug-likeness (QED) is 0.832. The first-order valence-electron chi connectivity index (χ1n) is 9.27. The van der Waals surface area contributed by atoms with Crippen LogP contribution in [0.3, 0.4) is 0 Å². The van der Waals surface area contributed by atoms with Crippen LogP contribution in [0.1, 0.15) is 18.4 Å². The lowest BCUT2D eigenvalue weighted by Crippen LogP contribution is -2.45. The number of hydrogen-bond donors (Lipinski definition) is 2. The number of ether oxygens (including phenoxy) is 1. The normalized spacial score (nSPS) is 21.8. The van der Waals surface area contributed by atoms with Crippen molar-refractivity contribution in [2.24, 2.45) is 0 Å². The highest BCUT2D eigenvalue weighted by Crippen LogP contribution is 2.26. The van der Waals surface area contributed by atoms with Gasteiger partial charge in [0, 0.05) is 18.3 Å². The first-order valence-corrected chi connectivity index (χ1v) is 9.27. The van der Waals surface area contributed by atoms with Gasteiger partial charge in [-0.3, -0.25) is 0 Å². The molecule has 4 rings (SSSR count). The number of nitrogens with one attached hydrogen (secondary N) is 2. The zero-order valence-corrected chi connectivity index (χ0v) is 14.8. The van der Waals surface area contributed by atoms with Crippen LogP contribution in [0.25, 0.3) is 0 Å². The summed E-state index contributed by atoms with van der Waals surface area (Å²) in [6.45, 7) is 4.03. The lowest BCUT2D eigenvalue weighted by molar-refractivity contribution is 0.0540. The van der Waals surface area contributed by atoms with Crippen LogP contribution in [0.2, 0.25) is 0 Å². The molecule has 2 aromatic rings. The van der Waals surface area contributed by atoms with Crippen LogP contribution in [0.5, 0.6) is 0 Å².